The van der Waals surface area contributed by atoms with Gasteiger partial charge in [0, 0.05) is 29.2 Å². The number of halogens is 2. The molecule has 0 unspecified atom stereocenters. The first-order valence-electron chi connectivity index (χ1n) is 7.55. The fourth-order valence-electron chi connectivity index (χ4n) is 2.52. The first-order valence-corrected chi connectivity index (χ1v) is 8.43. The molecule has 0 fully saturated rings. The Morgan fingerprint density at radius 3 is 2.68 bits per heavy atom. The van der Waals surface area contributed by atoms with Crippen molar-refractivity contribution < 1.29 is 13.6 Å². The zero-order valence-corrected chi connectivity index (χ0v) is 14.7. The first-order chi connectivity index (χ1) is 11.8. The number of nitrogens with one attached hydrogen (secondary N) is 1. The van der Waals surface area contributed by atoms with Gasteiger partial charge in [-0.05, 0) is 32.0 Å². The third-order valence-electron chi connectivity index (χ3n) is 3.96. The molecule has 5 nitrogen and oxygen atoms in total. The van der Waals surface area contributed by atoms with E-state index < -0.39 is 11.6 Å². The van der Waals surface area contributed by atoms with Gasteiger partial charge in [0.1, 0.15) is 0 Å². The number of benzene rings is 1. The fourth-order valence-corrected chi connectivity index (χ4v) is 3.25. The summed E-state index contributed by atoms with van der Waals surface area (Å²) in [5.74, 6) is -2.04. The van der Waals surface area contributed by atoms with E-state index in [1.165, 1.54) is 17.4 Å². The van der Waals surface area contributed by atoms with Crippen LogP contribution >= 0.6 is 11.3 Å². The number of amides is 1. The number of rotatable bonds is 4. The topological polar surface area (TPSA) is 59.8 Å². The van der Waals surface area contributed by atoms with E-state index in [0.717, 1.165) is 29.1 Å². The number of nitrogens with zero attached hydrogens (tertiary/aromatic N) is 3. The Labute approximate surface area is 147 Å². The molecule has 0 saturated carbocycles. The maximum Gasteiger partial charge on any atom is 0.230 e. The Balaban J connectivity index is 1.72. The Morgan fingerprint density at radius 1 is 1.28 bits per heavy atom. The standard InChI is InChI=1S/C17H16F2N4OS/c1-9-12(10(2)23(3)22-9)7-16(24)21-17-20-15(8-25-17)11-4-5-13(18)14(19)6-11/h4-6,8H,7H2,1-3H3,(H,20,21,24). The summed E-state index contributed by atoms with van der Waals surface area (Å²) in [6, 6.07) is 3.58. The highest BCUT2D eigenvalue weighted by Gasteiger charge is 2.15. The van der Waals surface area contributed by atoms with Crippen molar-refractivity contribution in [1.82, 2.24) is 14.8 Å². The van der Waals surface area contributed by atoms with Crippen molar-refractivity contribution in [2.45, 2.75) is 20.3 Å². The molecule has 130 valence electrons. The molecule has 1 amide bonds. The lowest BCUT2D eigenvalue weighted by molar-refractivity contribution is -0.115. The quantitative estimate of drug-likeness (QED) is 0.771. The second-order valence-electron chi connectivity index (χ2n) is 5.66. The third kappa shape index (κ3) is 3.58. The molecule has 3 rings (SSSR count). The van der Waals surface area contributed by atoms with Crippen LogP contribution in [0.4, 0.5) is 13.9 Å². The van der Waals surface area contributed by atoms with Crippen LogP contribution in [0.3, 0.4) is 0 Å². The van der Waals surface area contributed by atoms with Crippen molar-refractivity contribution in [2.75, 3.05) is 5.32 Å². The van der Waals surface area contributed by atoms with Crippen LogP contribution in [0.1, 0.15) is 17.0 Å². The van der Waals surface area contributed by atoms with Gasteiger partial charge in [0.05, 0.1) is 17.8 Å². The fraction of sp³-hybridized carbons (Fsp3) is 0.235. The number of aryl methyl sites for hydroxylation is 2. The average molecular weight is 362 g/mol. The van der Waals surface area contributed by atoms with Gasteiger partial charge in [-0.1, -0.05) is 0 Å². The third-order valence-corrected chi connectivity index (χ3v) is 4.72. The van der Waals surface area contributed by atoms with E-state index in [9.17, 15) is 13.6 Å². The van der Waals surface area contributed by atoms with Crippen LogP contribution in [0.15, 0.2) is 23.6 Å². The van der Waals surface area contributed by atoms with Crippen LogP contribution in [0.5, 0.6) is 0 Å². The molecule has 0 aliphatic heterocycles. The highest BCUT2D eigenvalue weighted by Crippen LogP contribution is 2.26. The van der Waals surface area contributed by atoms with Crippen LogP contribution in [0, 0.1) is 25.5 Å². The SMILES string of the molecule is Cc1nn(C)c(C)c1CC(=O)Nc1nc(-c2ccc(F)c(F)c2)cs1. The number of hydrogen-bond acceptors (Lipinski definition) is 4. The Bertz CT molecular complexity index is 948. The minimum absolute atomic E-state index is 0.200. The minimum atomic E-state index is -0.932. The number of anilines is 1. The predicted molar refractivity (Wildman–Crippen MR) is 92.5 cm³/mol. The smallest absolute Gasteiger partial charge is 0.230 e. The van der Waals surface area contributed by atoms with Crippen LogP contribution in [-0.4, -0.2) is 20.7 Å². The van der Waals surface area contributed by atoms with Crippen LogP contribution < -0.4 is 5.32 Å². The highest BCUT2D eigenvalue weighted by molar-refractivity contribution is 7.14. The van der Waals surface area contributed by atoms with E-state index in [1.807, 2.05) is 20.9 Å². The van der Waals surface area contributed by atoms with Gasteiger partial charge in [-0.25, -0.2) is 13.8 Å². The maximum atomic E-state index is 13.3. The van der Waals surface area contributed by atoms with Gasteiger partial charge in [0.15, 0.2) is 16.8 Å². The Kier molecular flexibility index (Phi) is 4.63. The van der Waals surface area contributed by atoms with Gasteiger partial charge in [-0.2, -0.15) is 5.10 Å². The van der Waals surface area contributed by atoms with Gasteiger partial charge in [0.2, 0.25) is 5.91 Å². The maximum absolute atomic E-state index is 13.3. The number of carbonyl (C=O) groups excluding carboxylic acids is 1. The van der Waals surface area contributed by atoms with Gasteiger partial charge in [-0.3, -0.25) is 9.48 Å². The van der Waals surface area contributed by atoms with Crippen molar-refractivity contribution in [3.63, 3.8) is 0 Å². The predicted octanol–water partition coefficient (Wildman–Crippen LogP) is 3.62. The molecule has 1 N–H and O–H groups in total. The van der Waals surface area contributed by atoms with Crippen molar-refractivity contribution in [1.29, 1.82) is 0 Å². The van der Waals surface area contributed by atoms with Crippen molar-refractivity contribution >= 4 is 22.4 Å². The number of thiazole rings is 1. The lowest BCUT2D eigenvalue weighted by Gasteiger charge is -2.03. The van der Waals surface area contributed by atoms with E-state index in [-0.39, 0.29) is 12.3 Å². The van der Waals surface area contributed by atoms with Crippen molar-refractivity contribution in [3.8, 4) is 11.3 Å². The lowest BCUT2D eigenvalue weighted by atomic mass is 10.1. The summed E-state index contributed by atoms with van der Waals surface area (Å²) in [6.07, 6.45) is 0.200. The summed E-state index contributed by atoms with van der Waals surface area (Å²) >= 11 is 1.23. The molecule has 0 aliphatic carbocycles. The molecule has 0 aliphatic rings. The molecule has 3 aromatic rings. The van der Waals surface area contributed by atoms with E-state index >= 15 is 0 Å². The zero-order valence-electron chi connectivity index (χ0n) is 13.9. The molecule has 2 aromatic heterocycles. The van der Waals surface area contributed by atoms with Crippen LogP contribution in [0.2, 0.25) is 0 Å². The number of carbonyl (C=O) groups is 1. The molecule has 0 atom stereocenters. The summed E-state index contributed by atoms with van der Waals surface area (Å²) < 4.78 is 28.1. The molecular weight excluding hydrogens is 346 g/mol. The molecule has 8 heteroatoms. The second kappa shape index (κ2) is 6.72. The molecule has 0 saturated heterocycles. The average Bonchev–Trinajstić information content (AvgIpc) is 3.10. The highest BCUT2D eigenvalue weighted by atomic mass is 32.1. The summed E-state index contributed by atoms with van der Waals surface area (Å²) in [5, 5.41) is 9.11. The summed E-state index contributed by atoms with van der Waals surface area (Å²) in [4.78, 5) is 16.5. The second-order valence-corrected chi connectivity index (χ2v) is 6.52. The monoisotopic (exact) mass is 362 g/mol. The largest absolute Gasteiger partial charge is 0.302 e. The molecule has 2 heterocycles. The molecule has 0 spiro atoms. The molecule has 0 radical (unpaired) electrons. The summed E-state index contributed by atoms with van der Waals surface area (Å²) in [7, 11) is 1.83. The summed E-state index contributed by atoms with van der Waals surface area (Å²) in [6.45, 7) is 3.77. The minimum Gasteiger partial charge on any atom is -0.302 e. The van der Waals surface area contributed by atoms with Gasteiger partial charge in [0.25, 0.3) is 0 Å². The van der Waals surface area contributed by atoms with Crippen molar-refractivity contribution in [3.05, 3.63) is 52.2 Å². The molecular formula is C17H16F2N4OS. The van der Waals surface area contributed by atoms with E-state index in [0.29, 0.717) is 16.4 Å². The van der Waals surface area contributed by atoms with Gasteiger partial charge in [-0.15, -0.1) is 11.3 Å². The molecule has 1 aromatic carbocycles. The van der Waals surface area contributed by atoms with Gasteiger partial charge >= 0.3 is 0 Å². The van der Waals surface area contributed by atoms with E-state index in [1.54, 1.807) is 10.1 Å². The van der Waals surface area contributed by atoms with Crippen LogP contribution in [0.25, 0.3) is 11.3 Å². The van der Waals surface area contributed by atoms with Gasteiger partial charge < -0.3 is 5.32 Å². The zero-order chi connectivity index (χ0) is 18.1. The van der Waals surface area contributed by atoms with Crippen molar-refractivity contribution in [2.24, 2.45) is 7.05 Å². The van der Waals surface area contributed by atoms with E-state index in [4.69, 9.17) is 0 Å². The molecule has 25 heavy (non-hydrogen) atoms. The van der Waals surface area contributed by atoms with E-state index in [2.05, 4.69) is 15.4 Å². The number of hydrogen-bond donors (Lipinski definition) is 1. The normalized spacial score (nSPS) is 10.9. The Hall–Kier alpha value is -2.61. The number of aromatic nitrogens is 3. The first kappa shape index (κ1) is 17.2. The summed E-state index contributed by atoms with van der Waals surface area (Å²) in [5.41, 5.74) is 3.57. The lowest BCUT2D eigenvalue weighted by Crippen LogP contribution is -2.15. The van der Waals surface area contributed by atoms with Crippen LogP contribution in [-0.2, 0) is 18.3 Å². The Morgan fingerprint density at radius 2 is 2.04 bits per heavy atom. The molecule has 0 bridgehead atoms.